The van der Waals surface area contributed by atoms with Crippen molar-refractivity contribution in [2.45, 2.75) is 12.8 Å². The van der Waals surface area contributed by atoms with Gasteiger partial charge in [0.1, 0.15) is 0 Å². The zero-order valence-corrected chi connectivity index (χ0v) is 9.68. The fraction of sp³-hybridized carbons (Fsp3) is 0.545. The van der Waals surface area contributed by atoms with E-state index in [1.165, 1.54) is 0 Å². The van der Waals surface area contributed by atoms with Gasteiger partial charge in [-0.2, -0.15) is 0 Å². The van der Waals surface area contributed by atoms with E-state index in [2.05, 4.69) is 6.58 Å². The lowest BCUT2D eigenvalue weighted by Crippen LogP contribution is -2.16. The molecule has 0 aliphatic carbocycles. The molecule has 0 saturated carbocycles. The van der Waals surface area contributed by atoms with Crippen LogP contribution in [0.4, 0.5) is 0 Å². The number of aliphatic carboxylic acids is 1. The Morgan fingerprint density at radius 2 is 2.13 bits per heavy atom. The molecule has 0 aromatic rings. The molecule has 0 aromatic heterocycles. The van der Waals surface area contributed by atoms with E-state index in [0.717, 1.165) is 31.0 Å². The minimum Gasteiger partial charge on any atom is -0.478 e. The van der Waals surface area contributed by atoms with E-state index in [1.54, 1.807) is 17.8 Å². The predicted molar refractivity (Wildman–Crippen MR) is 61.9 cm³/mol. The topological polar surface area (TPSA) is 46.5 Å². The Hall–Kier alpha value is -0.740. The number of hydrogen-bond acceptors (Lipinski definition) is 3. The van der Waals surface area contributed by atoms with Gasteiger partial charge in [-0.1, -0.05) is 6.58 Å². The van der Waals surface area contributed by atoms with Gasteiger partial charge in [0, 0.05) is 13.2 Å². The molecule has 4 heteroatoms. The summed E-state index contributed by atoms with van der Waals surface area (Å²) in [4.78, 5) is 11.8. The Kier molecular flexibility index (Phi) is 4.91. The fourth-order valence-electron chi connectivity index (χ4n) is 1.56. The van der Waals surface area contributed by atoms with Gasteiger partial charge < -0.3 is 9.84 Å². The summed E-state index contributed by atoms with van der Waals surface area (Å²) in [5.74, 6) is -0.515. The van der Waals surface area contributed by atoms with Crippen molar-refractivity contribution in [2.24, 2.45) is 5.92 Å². The Bertz CT molecular complexity index is 278. The summed E-state index contributed by atoms with van der Waals surface area (Å²) in [5.41, 5.74) is 0.158. The number of allylic oxidation sites excluding steroid dienone is 1. The SMILES string of the molecule is C=C(/C=C(\SC)C1CCOCC1)C(=O)O. The van der Waals surface area contributed by atoms with Crippen LogP contribution in [0.3, 0.4) is 0 Å². The molecule has 0 bridgehead atoms. The Morgan fingerprint density at radius 1 is 1.53 bits per heavy atom. The number of carboxylic acids is 1. The van der Waals surface area contributed by atoms with Crippen molar-refractivity contribution in [3.05, 3.63) is 23.1 Å². The lowest BCUT2D eigenvalue weighted by molar-refractivity contribution is -0.132. The Morgan fingerprint density at radius 3 is 2.60 bits per heavy atom. The van der Waals surface area contributed by atoms with Crippen LogP contribution in [0.1, 0.15) is 12.8 Å². The van der Waals surface area contributed by atoms with Crippen molar-refractivity contribution >= 4 is 17.7 Å². The highest BCUT2D eigenvalue weighted by Gasteiger charge is 2.18. The van der Waals surface area contributed by atoms with Crippen LogP contribution in [-0.2, 0) is 9.53 Å². The molecule has 1 aliphatic heterocycles. The number of thioether (sulfide) groups is 1. The summed E-state index contributed by atoms with van der Waals surface area (Å²) in [5, 5.41) is 8.75. The summed E-state index contributed by atoms with van der Waals surface area (Å²) in [7, 11) is 0. The van der Waals surface area contributed by atoms with E-state index < -0.39 is 5.97 Å². The molecule has 0 atom stereocenters. The predicted octanol–water partition coefficient (Wildman–Crippen LogP) is 2.30. The first kappa shape index (κ1) is 12.3. The van der Waals surface area contributed by atoms with Gasteiger partial charge in [0.25, 0.3) is 0 Å². The van der Waals surface area contributed by atoms with E-state index in [9.17, 15) is 4.79 Å². The van der Waals surface area contributed by atoms with Crippen LogP contribution in [0.15, 0.2) is 23.1 Å². The molecule has 0 aromatic carbocycles. The van der Waals surface area contributed by atoms with Crippen molar-refractivity contribution in [3.63, 3.8) is 0 Å². The van der Waals surface area contributed by atoms with Crippen molar-refractivity contribution in [1.82, 2.24) is 0 Å². The molecule has 1 aliphatic rings. The highest BCUT2D eigenvalue weighted by molar-refractivity contribution is 8.02. The number of rotatable bonds is 4. The largest absolute Gasteiger partial charge is 0.478 e. The molecule has 84 valence electrons. The first-order chi connectivity index (χ1) is 7.15. The third-order valence-corrected chi connectivity index (χ3v) is 3.37. The molecule has 0 spiro atoms. The van der Waals surface area contributed by atoms with Crippen LogP contribution in [0, 0.1) is 5.92 Å². The summed E-state index contributed by atoms with van der Waals surface area (Å²) < 4.78 is 5.27. The third-order valence-electron chi connectivity index (χ3n) is 2.45. The van der Waals surface area contributed by atoms with Gasteiger partial charge in [-0.05, 0) is 36.0 Å². The summed E-state index contributed by atoms with van der Waals surface area (Å²) in [6.45, 7) is 5.05. The summed E-state index contributed by atoms with van der Waals surface area (Å²) >= 11 is 1.60. The molecule has 0 unspecified atom stereocenters. The van der Waals surface area contributed by atoms with E-state index in [0.29, 0.717) is 5.92 Å². The Balaban J connectivity index is 2.68. The van der Waals surface area contributed by atoms with Gasteiger partial charge in [0.2, 0.25) is 0 Å². The average molecular weight is 228 g/mol. The quantitative estimate of drug-likeness (QED) is 0.592. The minimum absolute atomic E-state index is 0.158. The van der Waals surface area contributed by atoms with Gasteiger partial charge in [-0.15, -0.1) is 11.8 Å². The van der Waals surface area contributed by atoms with Gasteiger partial charge in [0.15, 0.2) is 0 Å². The molecule has 0 radical (unpaired) electrons. The maximum Gasteiger partial charge on any atom is 0.335 e. The molecule has 1 rings (SSSR count). The Labute approximate surface area is 94.2 Å². The van der Waals surface area contributed by atoms with Crippen molar-refractivity contribution in [2.75, 3.05) is 19.5 Å². The number of carboxylic acid groups (broad SMARTS) is 1. The zero-order valence-electron chi connectivity index (χ0n) is 8.86. The molecule has 1 saturated heterocycles. The van der Waals surface area contributed by atoms with E-state index in [-0.39, 0.29) is 5.57 Å². The van der Waals surface area contributed by atoms with Crippen LogP contribution in [-0.4, -0.2) is 30.5 Å². The van der Waals surface area contributed by atoms with E-state index in [1.807, 2.05) is 6.26 Å². The average Bonchev–Trinajstić information content (AvgIpc) is 2.26. The van der Waals surface area contributed by atoms with Crippen molar-refractivity contribution in [1.29, 1.82) is 0 Å². The second kappa shape index (κ2) is 5.98. The molecule has 1 heterocycles. The van der Waals surface area contributed by atoms with Crippen LogP contribution in [0.2, 0.25) is 0 Å². The number of ether oxygens (including phenoxy) is 1. The first-order valence-corrected chi connectivity index (χ1v) is 6.13. The zero-order chi connectivity index (χ0) is 11.3. The lowest BCUT2D eigenvalue weighted by Gasteiger charge is -2.23. The monoisotopic (exact) mass is 228 g/mol. The standard InChI is InChI=1S/C11H16O3S/c1-8(11(12)13)7-10(15-2)9-3-5-14-6-4-9/h7,9H,1,3-6H2,2H3,(H,12,13)/b10-7-. The van der Waals surface area contributed by atoms with Crippen molar-refractivity contribution in [3.8, 4) is 0 Å². The lowest BCUT2D eigenvalue weighted by atomic mass is 9.98. The molecule has 15 heavy (non-hydrogen) atoms. The fourth-order valence-corrected chi connectivity index (χ4v) is 2.39. The highest BCUT2D eigenvalue weighted by atomic mass is 32.2. The van der Waals surface area contributed by atoms with Crippen LogP contribution in [0.5, 0.6) is 0 Å². The van der Waals surface area contributed by atoms with Gasteiger partial charge in [0.05, 0.1) is 5.57 Å². The molecule has 0 amide bonds. The third kappa shape index (κ3) is 3.72. The number of carbonyl (C=O) groups is 1. The molecular formula is C11H16O3S. The molecule has 1 fully saturated rings. The second-order valence-corrected chi connectivity index (χ2v) is 4.35. The van der Waals surface area contributed by atoms with Gasteiger partial charge in [-0.3, -0.25) is 0 Å². The number of hydrogen-bond donors (Lipinski definition) is 1. The van der Waals surface area contributed by atoms with Gasteiger partial charge in [-0.25, -0.2) is 4.79 Å². The van der Waals surface area contributed by atoms with Gasteiger partial charge >= 0.3 is 5.97 Å². The first-order valence-electron chi connectivity index (χ1n) is 4.90. The summed E-state index contributed by atoms with van der Waals surface area (Å²) in [6, 6.07) is 0. The van der Waals surface area contributed by atoms with E-state index >= 15 is 0 Å². The maximum absolute atomic E-state index is 10.7. The van der Waals surface area contributed by atoms with E-state index in [4.69, 9.17) is 9.84 Å². The smallest absolute Gasteiger partial charge is 0.335 e. The van der Waals surface area contributed by atoms with Crippen LogP contribution < -0.4 is 0 Å². The maximum atomic E-state index is 10.7. The summed E-state index contributed by atoms with van der Waals surface area (Å²) in [6.07, 6.45) is 5.60. The molecule has 3 nitrogen and oxygen atoms in total. The molecule has 1 N–H and O–H groups in total. The van der Waals surface area contributed by atoms with Crippen LogP contribution >= 0.6 is 11.8 Å². The van der Waals surface area contributed by atoms with Crippen molar-refractivity contribution < 1.29 is 14.6 Å². The van der Waals surface area contributed by atoms with Crippen LogP contribution in [0.25, 0.3) is 0 Å². The second-order valence-electron chi connectivity index (χ2n) is 3.47. The highest BCUT2D eigenvalue weighted by Crippen LogP contribution is 2.30. The minimum atomic E-state index is -0.950. The normalized spacial score (nSPS) is 18.9. The molecular weight excluding hydrogens is 212 g/mol.